The number of esters is 1. The zero-order valence-electron chi connectivity index (χ0n) is 25.9. The van der Waals surface area contributed by atoms with E-state index < -0.39 is 5.97 Å². The fourth-order valence-corrected chi connectivity index (χ4v) is 4.84. The van der Waals surface area contributed by atoms with Crippen LogP contribution in [0.3, 0.4) is 0 Å². The van der Waals surface area contributed by atoms with Crippen molar-refractivity contribution in [2.24, 2.45) is 0 Å². The molecule has 0 aliphatic rings. The Hall–Kier alpha value is -2.82. The number of carbonyl (C=O) groups excluding carboxylic acids is 1. The minimum absolute atomic E-state index is 0.0220. The van der Waals surface area contributed by atoms with E-state index in [0.29, 0.717) is 17.9 Å². The van der Waals surface area contributed by atoms with Gasteiger partial charge in [0, 0.05) is 12.2 Å². The summed E-state index contributed by atoms with van der Waals surface area (Å²) in [5.41, 5.74) is 0.896. The highest BCUT2D eigenvalue weighted by Crippen LogP contribution is 2.16. The molecule has 5 heteroatoms. The second kappa shape index (κ2) is 22.8. The number of hydrogen-bond donors (Lipinski definition) is 1. The van der Waals surface area contributed by atoms with Crippen LogP contribution in [0.2, 0.25) is 0 Å². The number of ether oxygens (including phenoxy) is 2. The SMILES string of the molecule is CCCCCCCCCCCCCCCCCCNc1ccc(OC(=O)c2ccc(OCCCC)cc2)c(=O)cc1. The molecular weight excluding hydrogens is 510 g/mol. The summed E-state index contributed by atoms with van der Waals surface area (Å²) in [6.07, 6.45) is 23.8. The van der Waals surface area contributed by atoms with Gasteiger partial charge < -0.3 is 14.8 Å². The van der Waals surface area contributed by atoms with Gasteiger partial charge >= 0.3 is 5.97 Å². The monoisotopic (exact) mass is 565 g/mol. The van der Waals surface area contributed by atoms with Gasteiger partial charge in [-0.1, -0.05) is 117 Å². The summed E-state index contributed by atoms with van der Waals surface area (Å²) in [7, 11) is 0. The lowest BCUT2D eigenvalue weighted by molar-refractivity contribution is 0.0733. The maximum absolute atomic E-state index is 12.6. The van der Waals surface area contributed by atoms with Gasteiger partial charge in [-0.2, -0.15) is 0 Å². The number of benzene rings is 1. The minimum atomic E-state index is -0.559. The molecule has 0 aromatic heterocycles. The molecule has 2 aromatic carbocycles. The highest BCUT2D eigenvalue weighted by atomic mass is 16.5. The molecule has 0 saturated heterocycles. The van der Waals surface area contributed by atoms with Gasteiger partial charge in [0.1, 0.15) is 5.75 Å². The van der Waals surface area contributed by atoms with E-state index in [1.165, 1.54) is 102 Å². The van der Waals surface area contributed by atoms with Crippen LogP contribution in [0.4, 0.5) is 5.69 Å². The molecule has 228 valence electrons. The third-order valence-corrected chi connectivity index (χ3v) is 7.49. The molecule has 0 fully saturated rings. The zero-order chi connectivity index (χ0) is 29.4. The van der Waals surface area contributed by atoms with Gasteiger partial charge in [0.15, 0.2) is 5.75 Å². The summed E-state index contributed by atoms with van der Waals surface area (Å²) in [5.74, 6) is 0.176. The van der Waals surface area contributed by atoms with Crippen LogP contribution < -0.4 is 20.2 Å². The Morgan fingerprint density at radius 3 is 1.68 bits per heavy atom. The van der Waals surface area contributed by atoms with E-state index in [-0.39, 0.29) is 11.2 Å². The van der Waals surface area contributed by atoms with Crippen molar-refractivity contribution in [2.45, 2.75) is 129 Å². The minimum Gasteiger partial charge on any atom is -0.494 e. The standard InChI is InChI=1S/C36H55NO4/c1-3-5-7-8-9-10-11-12-13-14-15-16-17-18-19-20-29-37-32-23-27-34(38)35(28-24-32)41-36(39)31-21-25-33(26-22-31)40-30-6-4-2/h21-28,37H,3-20,29-30H2,1-2H3. The van der Waals surface area contributed by atoms with E-state index in [4.69, 9.17) is 9.47 Å². The van der Waals surface area contributed by atoms with Gasteiger partial charge in [-0.15, -0.1) is 0 Å². The average Bonchev–Trinajstić information content (AvgIpc) is 3.16. The van der Waals surface area contributed by atoms with Gasteiger partial charge in [0.2, 0.25) is 5.43 Å². The molecule has 0 heterocycles. The largest absolute Gasteiger partial charge is 0.494 e. The van der Waals surface area contributed by atoms with Gasteiger partial charge in [-0.3, -0.25) is 4.79 Å². The van der Waals surface area contributed by atoms with Crippen molar-refractivity contribution >= 4 is 11.7 Å². The van der Waals surface area contributed by atoms with Crippen molar-refractivity contribution in [3.63, 3.8) is 0 Å². The molecule has 0 radical (unpaired) electrons. The fraction of sp³-hybridized carbons (Fsp3) is 0.611. The topological polar surface area (TPSA) is 64.6 Å². The Kier molecular flexibility index (Phi) is 19.1. The first-order valence-electron chi connectivity index (χ1n) is 16.5. The number of rotatable bonds is 24. The summed E-state index contributed by atoms with van der Waals surface area (Å²) in [4.78, 5) is 25.0. The summed E-state index contributed by atoms with van der Waals surface area (Å²) >= 11 is 0. The second-order valence-corrected chi connectivity index (χ2v) is 11.2. The van der Waals surface area contributed by atoms with Gasteiger partial charge in [-0.25, -0.2) is 4.79 Å². The van der Waals surface area contributed by atoms with Crippen LogP contribution in [0.15, 0.2) is 53.3 Å². The summed E-state index contributed by atoms with van der Waals surface area (Å²) < 4.78 is 11.0. The van der Waals surface area contributed by atoms with Gasteiger partial charge in [0.05, 0.1) is 12.2 Å². The zero-order valence-corrected chi connectivity index (χ0v) is 25.9. The number of hydrogen-bond acceptors (Lipinski definition) is 5. The quantitative estimate of drug-likeness (QED) is 0.101. The summed E-state index contributed by atoms with van der Waals surface area (Å²) in [6, 6.07) is 13.4. The summed E-state index contributed by atoms with van der Waals surface area (Å²) in [5, 5.41) is 3.39. The third kappa shape index (κ3) is 16.3. The first-order chi connectivity index (χ1) is 20.1. The fourth-order valence-electron chi connectivity index (χ4n) is 4.84. The van der Waals surface area contributed by atoms with E-state index >= 15 is 0 Å². The van der Waals surface area contributed by atoms with Crippen LogP contribution in [0.25, 0.3) is 0 Å². The molecule has 41 heavy (non-hydrogen) atoms. The Morgan fingerprint density at radius 2 is 1.12 bits per heavy atom. The van der Waals surface area contributed by atoms with Crippen LogP contribution in [0.5, 0.6) is 11.5 Å². The van der Waals surface area contributed by atoms with Crippen molar-refractivity contribution in [2.75, 3.05) is 18.5 Å². The summed E-state index contributed by atoms with van der Waals surface area (Å²) in [6.45, 7) is 5.90. The van der Waals surface area contributed by atoms with Crippen molar-refractivity contribution < 1.29 is 14.3 Å². The van der Waals surface area contributed by atoms with E-state index in [9.17, 15) is 9.59 Å². The van der Waals surface area contributed by atoms with Gasteiger partial charge in [0.25, 0.3) is 0 Å². The van der Waals surface area contributed by atoms with E-state index in [2.05, 4.69) is 19.2 Å². The molecule has 1 N–H and O–H groups in total. The predicted molar refractivity (Wildman–Crippen MR) is 173 cm³/mol. The number of unbranched alkanes of at least 4 members (excludes halogenated alkanes) is 16. The third-order valence-electron chi connectivity index (χ3n) is 7.49. The number of carbonyl (C=O) groups is 1. The van der Waals surface area contributed by atoms with Crippen LogP contribution in [-0.4, -0.2) is 19.1 Å². The average molecular weight is 566 g/mol. The number of nitrogens with one attached hydrogen (secondary N) is 1. The molecule has 0 atom stereocenters. The Balaban J connectivity index is 1.55. The molecule has 0 spiro atoms. The predicted octanol–water partition coefficient (Wildman–Crippen LogP) is 10.1. The molecule has 0 saturated carbocycles. The van der Waals surface area contributed by atoms with E-state index in [1.54, 1.807) is 42.5 Å². The highest BCUT2D eigenvalue weighted by molar-refractivity contribution is 5.91. The maximum atomic E-state index is 12.6. The molecule has 0 aliphatic carbocycles. The molecule has 0 amide bonds. The van der Waals surface area contributed by atoms with E-state index in [0.717, 1.165) is 31.5 Å². The van der Waals surface area contributed by atoms with Crippen molar-refractivity contribution in [1.29, 1.82) is 0 Å². The lowest BCUT2D eigenvalue weighted by atomic mass is 10.0. The second-order valence-electron chi connectivity index (χ2n) is 11.2. The molecule has 0 unspecified atom stereocenters. The lowest BCUT2D eigenvalue weighted by Crippen LogP contribution is -2.13. The Labute approximate surface area is 249 Å². The molecule has 2 aromatic rings. The normalized spacial score (nSPS) is 10.9. The first-order valence-corrected chi connectivity index (χ1v) is 16.5. The molecule has 5 nitrogen and oxygen atoms in total. The molecule has 0 bridgehead atoms. The van der Waals surface area contributed by atoms with Crippen LogP contribution in [0, 0.1) is 0 Å². The Bertz CT molecular complexity index is 1010. The highest BCUT2D eigenvalue weighted by Gasteiger charge is 2.11. The maximum Gasteiger partial charge on any atom is 0.343 e. The van der Waals surface area contributed by atoms with Crippen LogP contribution in [-0.2, 0) is 0 Å². The van der Waals surface area contributed by atoms with Crippen molar-refractivity contribution in [3.05, 3.63) is 64.3 Å². The van der Waals surface area contributed by atoms with Crippen LogP contribution >= 0.6 is 0 Å². The van der Waals surface area contributed by atoms with E-state index in [1.807, 2.05) is 0 Å². The number of anilines is 1. The molecular formula is C36H55NO4. The van der Waals surface area contributed by atoms with Crippen molar-refractivity contribution in [1.82, 2.24) is 0 Å². The van der Waals surface area contributed by atoms with Crippen molar-refractivity contribution in [3.8, 4) is 11.5 Å². The molecule has 2 rings (SSSR count). The lowest BCUT2D eigenvalue weighted by Gasteiger charge is -2.06. The first kappa shape index (κ1) is 34.4. The van der Waals surface area contributed by atoms with Gasteiger partial charge in [-0.05, 0) is 61.4 Å². The van der Waals surface area contributed by atoms with Crippen LogP contribution in [0.1, 0.15) is 140 Å². The Morgan fingerprint density at radius 1 is 0.610 bits per heavy atom. The molecule has 0 aliphatic heterocycles. The smallest absolute Gasteiger partial charge is 0.343 e.